The highest BCUT2D eigenvalue weighted by molar-refractivity contribution is 5.83. The monoisotopic (exact) mass is 326 g/mol. The smallest absolute Gasteiger partial charge is 0.342 e. The van der Waals surface area contributed by atoms with Crippen molar-refractivity contribution in [2.24, 2.45) is 5.92 Å². The first-order chi connectivity index (χ1) is 10.9. The summed E-state index contributed by atoms with van der Waals surface area (Å²) in [7, 11) is 1.78. The van der Waals surface area contributed by atoms with E-state index in [1.807, 2.05) is 0 Å². The highest BCUT2D eigenvalue weighted by Gasteiger charge is 2.49. The molecule has 0 radical (unpaired) electrons. The number of halogens is 3. The third-order valence-corrected chi connectivity index (χ3v) is 4.98. The molecule has 3 nitrogen and oxygen atoms in total. The number of hydrogen-bond donors (Lipinski definition) is 1. The number of nitrogens with one attached hydrogen (secondary N) is 1. The van der Waals surface area contributed by atoms with Crippen molar-refractivity contribution in [2.75, 3.05) is 20.1 Å². The molecule has 1 aliphatic carbocycles. The Labute approximate surface area is 133 Å². The Bertz CT molecular complexity index is 581. The minimum absolute atomic E-state index is 0.0149. The Morgan fingerprint density at radius 1 is 1.22 bits per heavy atom. The molecule has 1 saturated carbocycles. The lowest BCUT2D eigenvalue weighted by molar-refractivity contribution is -0.139. The molecule has 0 aromatic heterocycles. The summed E-state index contributed by atoms with van der Waals surface area (Å²) in [6, 6.07) is 5.81. The van der Waals surface area contributed by atoms with E-state index in [9.17, 15) is 18.0 Å². The van der Waals surface area contributed by atoms with Gasteiger partial charge in [-0.05, 0) is 49.9 Å². The molecular weight excluding hydrogens is 305 g/mol. The highest BCUT2D eigenvalue weighted by Crippen LogP contribution is 2.51. The van der Waals surface area contributed by atoms with Crippen LogP contribution >= 0.6 is 0 Å². The van der Waals surface area contributed by atoms with Gasteiger partial charge in [-0.15, -0.1) is 0 Å². The minimum Gasteiger partial charge on any atom is -0.342 e. The van der Waals surface area contributed by atoms with Crippen LogP contribution in [0, 0.1) is 5.92 Å². The van der Waals surface area contributed by atoms with Gasteiger partial charge in [0, 0.05) is 19.0 Å². The molecule has 1 N–H and O–H groups in total. The van der Waals surface area contributed by atoms with E-state index in [1.54, 1.807) is 18.0 Å². The van der Waals surface area contributed by atoms with Gasteiger partial charge in [0.15, 0.2) is 0 Å². The molecule has 1 heterocycles. The van der Waals surface area contributed by atoms with Crippen LogP contribution < -0.4 is 5.32 Å². The second-order valence-corrected chi connectivity index (χ2v) is 6.46. The molecule has 1 saturated heterocycles. The number of carbonyl (C=O) groups excluding carboxylic acids is 1. The second-order valence-electron chi connectivity index (χ2n) is 6.46. The van der Waals surface area contributed by atoms with Gasteiger partial charge in [0.25, 0.3) is 0 Å². The largest absolute Gasteiger partial charge is 0.416 e. The van der Waals surface area contributed by atoms with Gasteiger partial charge in [0.1, 0.15) is 0 Å². The molecule has 1 aromatic rings. The van der Waals surface area contributed by atoms with Gasteiger partial charge in [0.2, 0.25) is 5.91 Å². The maximum Gasteiger partial charge on any atom is 0.416 e. The molecule has 2 aliphatic rings. The van der Waals surface area contributed by atoms with Crippen LogP contribution in [-0.2, 0) is 11.0 Å². The number of benzene rings is 1. The summed E-state index contributed by atoms with van der Waals surface area (Å²) in [5.74, 6) is -0.623. The fourth-order valence-corrected chi connectivity index (χ4v) is 3.53. The topological polar surface area (TPSA) is 32.3 Å². The lowest BCUT2D eigenvalue weighted by atomic mass is 10.0. The zero-order valence-corrected chi connectivity index (χ0v) is 13.1. The predicted molar refractivity (Wildman–Crippen MR) is 81.0 cm³/mol. The molecule has 2 fully saturated rings. The van der Waals surface area contributed by atoms with Crippen molar-refractivity contribution < 1.29 is 18.0 Å². The van der Waals surface area contributed by atoms with Gasteiger partial charge in [0.05, 0.1) is 5.56 Å². The lowest BCUT2D eigenvalue weighted by Gasteiger charge is -2.32. The van der Waals surface area contributed by atoms with Crippen LogP contribution in [0.4, 0.5) is 13.2 Å². The van der Waals surface area contributed by atoms with Crippen LogP contribution in [-0.4, -0.2) is 37.0 Å². The number of rotatable bonds is 3. The maximum atomic E-state index is 13.1. The summed E-state index contributed by atoms with van der Waals surface area (Å²) < 4.78 is 39.3. The third-order valence-electron chi connectivity index (χ3n) is 4.98. The van der Waals surface area contributed by atoms with Crippen LogP contribution in [0.5, 0.6) is 0 Å². The summed E-state index contributed by atoms with van der Waals surface area (Å²) in [6.45, 7) is 1.76. The Kier molecular flexibility index (Phi) is 4.36. The number of alkyl halides is 3. The van der Waals surface area contributed by atoms with Gasteiger partial charge in [-0.3, -0.25) is 4.79 Å². The van der Waals surface area contributed by atoms with E-state index in [-0.39, 0.29) is 29.3 Å². The first-order valence-corrected chi connectivity index (χ1v) is 8.03. The Balaban J connectivity index is 1.71. The summed E-state index contributed by atoms with van der Waals surface area (Å²) in [6.07, 6.45) is -2.05. The Hall–Kier alpha value is -1.56. The summed E-state index contributed by atoms with van der Waals surface area (Å²) in [4.78, 5) is 14.3. The molecule has 3 rings (SSSR count). The fourth-order valence-electron chi connectivity index (χ4n) is 3.53. The average molecular weight is 326 g/mol. The Morgan fingerprint density at radius 3 is 2.52 bits per heavy atom. The number of carbonyl (C=O) groups is 1. The molecule has 0 spiro atoms. The summed E-state index contributed by atoms with van der Waals surface area (Å²) >= 11 is 0. The van der Waals surface area contributed by atoms with Crippen molar-refractivity contribution >= 4 is 5.91 Å². The van der Waals surface area contributed by atoms with Crippen molar-refractivity contribution in [3.8, 4) is 0 Å². The van der Waals surface area contributed by atoms with Crippen LogP contribution in [0.2, 0.25) is 0 Å². The number of amides is 1. The average Bonchev–Trinajstić information content (AvgIpc) is 3.34. The predicted octanol–water partition coefficient (Wildman–Crippen LogP) is 3.02. The van der Waals surface area contributed by atoms with E-state index in [2.05, 4.69) is 5.32 Å². The first-order valence-electron chi connectivity index (χ1n) is 8.03. The van der Waals surface area contributed by atoms with E-state index in [1.165, 1.54) is 12.1 Å². The van der Waals surface area contributed by atoms with Crippen LogP contribution in [0.3, 0.4) is 0 Å². The molecule has 126 valence electrons. The molecule has 6 heteroatoms. The fraction of sp³-hybridized carbons (Fsp3) is 0.588. The van der Waals surface area contributed by atoms with E-state index in [0.717, 1.165) is 32.0 Å². The SMILES string of the molecule is CN(C(=O)C1CC1c1ccccc1C(F)(F)F)C1CCNCC1. The van der Waals surface area contributed by atoms with Gasteiger partial charge in [-0.25, -0.2) is 0 Å². The van der Waals surface area contributed by atoms with E-state index in [0.29, 0.717) is 6.42 Å². The number of piperidine rings is 1. The van der Waals surface area contributed by atoms with Crippen molar-refractivity contribution in [3.05, 3.63) is 35.4 Å². The molecular formula is C17H21F3N2O. The normalized spacial score (nSPS) is 25.2. The zero-order valence-electron chi connectivity index (χ0n) is 13.1. The van der Waals surface area contributed by atoms with Crippen molar-refractivity contribution in [3.63, 3.8) is 0 Å². The molecule has 1 aliphatic heterocycles. The number of hydrogen-bond acceptors (Lipinski definition) is 2. The molecule has 1 aromatic carbocycles. The zero-order chi connectivity index (χ0) is 16.6. The maximum absolute atomic E-state index is 13.1. The third kappa shape index (κ3) is 3.37. The number of nitrogens with zero attached hydrogens (tertiary/aromatic N) is 1. The van der Waals surface area contributed by atoms with Gasteiger partial charge in [-0.2, -0.15) is 13.2 Å². The standard InChI is InChI=1S/C17H21F3N2O/c1-22(11-6-8-21-9-7-11)16(23)14-10-13(14)12-4-2-3-5-15(12)17(18,19)20/h2-5,11,13-14,21H,6-10H2,1H3. The van der Waals surface area contributed by atoms with Gasteiger partial charge >= 0.3 is 6.18 Å². The minimum atomic E-state index is -4.37. The second kappa shape index (κ2) is 6.15. The van der Waals surface area contributed by atoms with Crippen LogP contribution in [0.25, 0.3) is 0 Å². The van der Waals surface area contributed by atoms with Gasteiger partial charge in [-0.1, -0.05) is 18.2 Å². The van der Waals surface area contributed by atoms with Crippen molar-refractivity contribution in [1.82, 2.24) is 10.2 Å². The lowest BCUT2D eigenvalue weighted by Crippen LogP contribution is -2.44. The molecule has 2 unspecified atom stereocenters. The quantitative estimate of drug-likeness (QED) is 0.926. The Morgan fingerprint density at radius 2 is 1.87 bits per heavy atom. The first kappa shape index (κ1) is 16.3. The van der Waals surface area contributed by atoms with Crippen molar-refractivity contribution in [1.29, 1.82) is 0 Å². The summed E-state index contributed by atoms with van der Waals surface area (Å²) in [5, 5.41) is 3.25. The van der Waals surface area contributed by atoms with E-state index < -0.39 is 11.7 Å². The summed E-state index contributed by atoms with van der Waals surface area (Å²) in [5.41, 5.74) is -0.345. The highest BCUT2D eigenvalue weighted by atomic mass is 19.4. The molecule has 23 heavy (non-hydrogen) atoms. The van der Waals surface area contributed by atoms with Crippen LogP contribution in [0.1, 0.15) is 36.3 Å². The van der Waals surface area contributed by atoms with Gasteiger partial charge < -0.3 is 10.2 Å². The van der Waals surface area contributed by atoms with Crippen LogP contribution in [0.15, 0.2) is 24.3 Å². The molecule has 2 atom stereocenters. The van der Waals surface area contributed by atoms with Crippen molar-refractivity contribution in [2.45, 2.75) is 37.4 Å². The molecule has 1 amide bonds. The van der Waals surface area contributed by atoms with E-state index in [4.69, 9.17) is 0 Å². The van der Waals surface area contributed by atoms with E-state index >= 15 is 0 Å². The molecule has 0 bridgehead atoms.